The highest BCUT2D eigenvalue weighted by Gasteiger charge is 1.93. The van der Waals surface area contributed by atoms with Crippen LogP contribution in [0.25, 0.3) is 0 Å². The number of carbonyl (C=O) groups is 2. The highest BCUT2D eigenvalue weighted by Crippen LogP contribution is 1.96. The summed E-state index contributed by atoms with van der Waals surface area (Å²) in [4.78, 5) is 20.0. The molecule has 0 fully saturated rings. The predicted molar refractivity (Wildman–Crippen MR) is 51.2 cm³/mol. The molecule has 0 aromatic heterocycles. The second-order valence-corrected chi connectivity index (χ2v) is 2.90. The minimum atomic E-state index is 0.167. The fourth-order valence-electron chi connectivity index (χ4n) is 0.551. The van der Waals surface area contributed by atoms with E-state index in [1.807, 2.05) is 6.92 Å². The summed E-state index contributed by atoms with van der Waals surface area (Å²) >= 11 is 0. The normalized spacial score (nSPS) is 8.33. The van der Waals surface area contributed by atoms with E-state index in [2.05, 4.69) is 6.92 Å². The summed E-state index contributed by atoms with van der Waals surface area (Å²) in [7, 11) is 0. The van der Waals surface area contributed by atoms with Crippen molar-refractivity contribution in [3.63, 3.8) is 0 Å². The largest absolute Gasteiger partial charge is 0.300 e. The standard InChI is InChI=1S/C7H14O.C3H6O/c1-3-5-6-7(8)4-2;1-3(2)4/h3-6H2,1-2H3;1-2H3. The van der Waals surface area contributed by atoms with Gasteiger partial charge in [0.2, 0.25) is 0 Å². The Balaban J connectivity index is 0. The van der Waals surface area contributed by atoms with E-state index in [1.165, 1.54) is 13.8 Å². The van der Waals surface area contributed by atoms with Crippen molar-refractivity contribution in [2.24, 2.45) is 0 Å². The van der Waals surface area contributed by atoms with Crippen LogP contribution in [-0.4, -0.2) is 11.6 Å². The number of hydrogen-bond acceptors (Lipinski definition) is 2. The Morgan fingerprint density at radius 1 is 1.08 bits per heavy atom. The van der Waals surface area contributed by atoms with E-state index in [9.17, 15) is 9.59 Å². The summed E-state index contributed by atoms with van der Waals surface area (Å²) in [5, 5.41) is 0. The van der Waals surface area contributed by atoms with Crippen molar-refractivity contribution in [1.29, 1.82) is 0 Å². The summed E-state index contributed by atoms with van der Waals surface area (Å²) in [5.41, 5.74) is 0. The van der Waals surface area contributed by atoms with Crippen molar-refractivity contribution in [2.75, 3.05) is 0 Å². The van der Waals surface area contributed by atoms with Crippen LogP contribution in [0.15, 0.2) is 0 Å². The van der Waals surface area contributed by atoms with Gasteiger partial charge in [-0.25, -0.2) is 0 Å². The van der Waals surface area contributed by atoms with Crippen molar-refractivity contribution in [3.05, 3.63) is 0 Å². The van der Waals surface area contributed by atoms with Gasteiger partial charge in [-0.2, -0.15) is 0 Å². The Morgan fingerprint density at radius 3 is 1.75 bits per heavy atom. The zero-order valence-electron chi connectivity index (χ0n) is 8.64. The highest BCUT2D eigenvalue weighted by atomic mass is 16.1. The smallest absolute Gasteiger partial charge is 0.132 e. The molecule has 0 aliphatic heterocycles. The van der Waals surface area contributed by atoms with Crippen molar-refractivity contribution in [3.8, 4) is 0 Å². The lowest BCUT2D eigenvalue weighted by molar-refractivity contribution is -0.119. The van der Waals surface area contributed by atoms with Crippen LogP contribution in [0.4, 0.5) is 0 Å². The summed E-state index contributed by atoms with van der Waals surface area (Å²) < 4.78 is 0. The molecule has 0 aliphatic rings. The van der Waals surface area contributed by atoms with Crippen molar-refractivity contribution < 1.29 is 9.59 Å². The summed E-state index contributed by atoms with van der Waals surface area (Å²) in [6.45, 7) is 7.07. The molecule has 12 heavy (non-hydrogen) atoms. The van der Waals surface area contributed by atoms with E-state index in [1.54, 1.807) is 0 Å². The van der Waals surface area contributed by atoms with Gasteiger partial charge in [0.15, 0.2) is 0 Å². The van der Waals surface area contributed by atoms with Gasteiger partial charge in [-0.1, -0.05) is 20.3 Å². The summed E-state index contributed by atoms with van der Waals surface area (Å²) in [6.07, 6.45) is 3.69. The van der Waals surface area contributed by atoms with Crippen LogP contribution in [0.5, 0.6) is 0 Å². The third-order valence-corrected chi connectivity index (χ3v) is 1.20. The van der Waals surface area contributed by atoms with Crippen LogP contribution >= 0.6 is 0 Å². The van der Waals surface area contributed by atoms with E-state index in [4.69, 9.17) is 0 Å². The first-order valence-electron chi connectivity index (χ1n) is 4.53. The van der Waals surface area contributed by atoms with E-state index >= 15 is 0 Å². The maximum Gasteiger partial charge on any atom is 0.132 e. The van der Waals surface area contributed by atoms with Crippen LogP contribution in [0.3, 0.4) is 0 Å². The molecule has 0 atom stereocenters. The second kappa shape index (κ2) is 10.3. The lowest BCUT2D eigenvalue weighted by Gasteiger charge is -1.91. The number of carbonyl (C=O) groups excluding carboxylic acids is 2. The predicted octanol–water partition coefficient (Wildman–Crippen LogP) is 2.75. The van der Waals surface area contributed by atoms with E-state index in [0.717, 1.165) is 19.3 Å². The van der Waals surface area contributed by atoms with Gasteiger partial charge in [-0.05, 0) is 20.3 Å². The highest BCUT2D eigenvalue weighted by molar-refractivity contribution is 5.77. The van der Waals surface area contributed by atoms with Crippen molar-refractivity contribution in [1.82, 2.24) is 0 Å². The van der Waals surface area contributed by atoms with Gasteiger partial charge >= 0.3 is 0 Å². The number of ketones is 2. The quantitative estimate of drug-likeness (QED) is 0.653. The third-order valence-electron chi connectivity index (χ3n) is 1.20. The average molecular weight is 172 g/mol. The molecule has 2 nitrogen and oxygen atoms in total. The Bertz CT molecular complexity index is 124. The van der Waals surface area contributed by atoms with Crippen LogP contribution < -0.4 is 0 Å². The van der Waals surface area contributed by atoms with Gasteiger partial charge in [0.1, 0.15) is 11.6 Å². The molecule has 72 valence electrons. The average Bonchev–Trinajstić information content (AvgIpc) is 1.99. The van der Waals surface area contributed by atoms with Crippen molar-refractivity contribution >= 4 is 11.6 Å². The molecule has 0 bridgehead atoms. The van der Waals surface area contributed by atoms with Gasteiger partial charge in [-0.3, -0.25) is 4.79 Å². The van der Waals surface area contributed by atoms with Crippen LogP contribution in [0.2, 0.25) is 0 Å². The number of unbranched alkanes of at least 4 members (excludes halogenated alkanes) is 1. The fourth-order valence-corrected chi connectivity index (χ4v) is 0.551. The maximum absolute atomic E-state index is 10.6. The topological polar surface area (TPSA) is 34.1 Å². The molecular weight excluding hydrogens is 152 g/mol. The molecule has 0 saturated heterocycles. The Kier molecular flexibility index (Phi) is 12.0. The van der Waals surface area contributed by atoms with Gasteiger partial charge in [0, 0.05) is 12.8 Å². The number of Topliss-reactive ketones (excluding diaryl/α,β-unsaturated/α-hetero) is 2. The van der Waals surface area contributed by atoms with Gasteiger partial charge in [-0.15, -0.1) is 0 Å². The molecular formula is C10H20O2. The SMILES string of the molecule is CC(C)=O.CCCCC(=O)CC. The van der Waals surface area contributed by atoms with Crippen LogP contribution in [-0.2, 0) is 9.59 Å². The van der Waals surface area contributed by atoms with E-state index in [-0.39, 0.29) is 5.78 Å². The van der Waals surface area contributed by atoms with Crippen LogP contribution in [0, 0.1) is 0 Å². The molecule has 0 radical (unpaired) electrons. The molecule has 0 aromatic carbocycles. The molecule has 0 aliphatic carbocycles. The van der Waals surface area contributed by atoms with Crippen LogP contribution in [0.1, 0.15) is 53.4 Å². The molecule has 0 saturated carbocycles. The molecule has 0 unspecified atom stereocenters. The first-order valence-corrected chi connectivity index (χ1v) is 4.53. The first kappa shape index (κ1) is 13.9. The van der Waals surface area contributed by atoms with Gasteiger partial charge < -0.3 is 4.79 Å². The zero-order valence-corrected chi connectivity index (χ0v) is 8.64. The second-order valence-electron chi connectivity index (χ2n) is 2.90. The first-order chi connectivity index (χ1) is 5.54. The maximum atomic E-state index is 10.6. The minimum Gasteiger partial charge on any atom is -0.300 e. The summed E-state index contributed by atoms with van der Waals surface area (Å²) in [6, 6.07) is 0. The molecule has 0 heterocycles. The Hall–Kier alpha value is -0.660. The lowest BCUT2D eigenvalue weighted by atomic mass is 10.1. The minimum absolute atomic E-state index is 0.167. The molecule has 0 rings (SSSR count). The molecule has 0 aromatic rings. The third kappa shape index (κ3) is 22.8. The Morgan fingerprint density at radius 2 is 1.50 bits per heavy atom. The molecule has 0 N–H and O–H groups in total. The fraction of sp³-hybridized carbons (Fsp3) is 0.800. The number of rotatable bonds is 4. The monoisotopic (exact) mass is 172 g/mol. The summed E-state index contributed by atoms with van der Waals surface area (Å²) in [5.74, 6) is 0.562. The van der Waals surface area contributed by atoms with E-state index < -0.39 is 0 Å². The van der Waals surface area contributed by atoms with Gasteiger partial charge in [0.05, 0.1) is 0 Å². The molecule has 0 spiro atoms. The van der Waals surface area contributed by atoms with E-state index in [0.29, 0.717) is 12.2 Å². The Labute approximate surface area is 75.4 Å². The van der Waals surface area contributed by atoms with Crippen molar-refractivity contribution in [2.45, 2.75) is 53.4 Å². The molecule has 2 heteroatoms. The number of hydrogen-bond donors (Lipinski definition) is 0. The van der Waals surface area contributed by atoms with Gasteiger partial charge in [0.25, 0.3) is 0 Å². The lowest BCUT2D eigenvalue weighted by Crippen LogP contribution is -1.92. The zero-order chi connectivity index (χ0) is 9.98. The molecule has 0 amide bonds.